The molecule has 11 heteroatoms. The molecule has 0 saturated carbocycles. The lowest BCUT2D eigenvalue weighted by Gasteiger charge is -2.22. The first-order chi connectivity index (χ1) is 11.4. The molecule has 0 aromatic carbocycles. The van der Waals surface area contributed by atoms with E-state index in [0.717, 1.165) is 4.31 Å². The molecule has 10 nitrogen and oxygen atoms in total. The number of nitrogens with two attached hydrogens (primary N) is 1. The van der Waals surface area contributed by atoms with Crippen molar-refractivity contribution in [1.82, 2.24) is 14.3 Å². The molecule has 1 heterocycles. The Labute approximate surface area is 148 Å². The van der Waals surface area contributed by atoms with Crippen LogP contribution in [0.4, 0.5) is 4.79 Å². The Morgan fingerprint density at radius 1 is 1.28 bits per heavy atom. The summed E-state index contributed by atoms with van der Waals surface area (Å²) in [5.74, 6) is -0.612. The van der Waals surface area contributed by atoms with Crippen LogP contribution >= 0.6 is 0 Å². The maximum Gasteiger partial charge on any atom is 0.407 e. The van der Waals surface area contributed by atoms with E-state index in [1.165, 1.54) is 0 Å². The van der Waals surface area contributed by atoms with Crippen LogP contribution in [-0.4, -0.2) is 68.7 Å². The van der Waals surface area contributed by atoms with Crippen molar-refractivity contribution in [3.05, 3.63) is 0 Å². The number of nitrogens with zero attached hydrogens (tertiary/aromatic N) is 1. The summed E-state index contributed by atoms with van der Waals surface area (Å²) in [6.07, 6.45) is -0.445. The number of esters is 1. The third-order valence-electron chi connectivity index (χ3n) is 3.37. The number of carbonyl (C=O) groups is 2. The fourth-order valence-electron chi connectivity index (χ4n) is 2.19. The van der Waals surface area contributed by atoms with Gasteiger partial charge in [-0.1, -0.05) is 0 Å². The van der Waals surface area contributed by atoms with Gasteiger partial charge in [0.2, 0.25) is 0 Å². The molecule has 25 heavy (non-hydrogen) atoms. The van der Waals surface area contributed by atoms with Gasteiger partial charge in [0.05, 0.1) is 6.61 Å². The monoisotopic (exact) mass is 380 g/mol. The SMILES string of the molecule is CCOC(=O)[C@@]1(N)CCN(S(=O)(=O)NCCNC(=O)OC(C)(C)C)C1. The van der Waals surface area contributed by atoms with Crippen molar-refractivity contribution in [2.75, 3.05) is 32.8 Å². The van der Waals surface area contributed by atoms with Gasteiger partial charge in [-0.3, -0.25) is 4.79 Å². The number of alkyl carbamates (subject to hydrolysis) is 1. The molecule has 0 unspecified atom stereocenters. The van der Waals surface area contributed by atoms with Gasteiger partial charge in [0.1, 0.15) is 11.1 Å². The Morgan fingerprint density at radius 3 is 2.48 bits per heavy atom. The van der Waals surface area contributed by atoms with Gasteiger partial charge in [-0.2, -0.15) is 12.7 Å². The van der Waals surface area contributed by atoms with Crippen LogP contribution in [0.15, 0.2) is 0 Å². The summed E-state index contributed by atoms with van der Waals surface area (Å²) < 4.78 is 37.8. The van der Waals surface area contributed by atoms with Crippen LogP contribution in [0.1, 0.15) is 34.1 Å². The molecule has 1 aliphatic rings. The zero-order chi connectivity index (χ0) is 19.3. The summed E-state index contributed by atoms with van der Waals surface area (Å²) in [6.45, 7) is 7.03. The molecule has 0 spiro atoms. The number of hydrogen-bond acceptors (Lipinski definition) is 7. The standard InChI is InChI=1S/C14H28N4O6S/c1-5-23-11(19)14(15)6-9-18(10-14)25(21,22)17-8-7-16-12(20)24-13(2,3)4/h17H,5-10,15H2,1-4H3,(H,16,20)/t14-/m1/s1. The predicted molar refractivity (Wildman–Crippen MR) is 90.9 cm³/mol. The van der Waals surface area contributed by atoms with Gasteiger partial charge < -0.3 is 20.5 Å². The number of rotatable bonds is 7. The highest BCUT2D eigenvalue weighted by atomic mass is 32.2. The van der Waals surface area contributed by atoms with E-state index in [9.17, 15) is 18.0 Å². The first-order valence-corrected chi connectivity index (χ1v) is 9.51. The molecule has 1 atom stereocenters. The fourth-order valence-corrected chi connectivity index (χ4v) is 3.47. The van der Waals surface area contributed by atoms with E-state index < -0.39 is 33.4 Å². The van der Waals surface area contributed by atoms with Crippen molar-refractivity contribution in [3.63, 3.8) is 0 Å². The summed E-state index contributed by atoms with van der Waals surface area (Å²) in [4.78, 5) is 23.3. The highest BCUT2D eigenvalue weighted by Crippen LogP contribution is 2.22. The third-order valence-corrected chi connectivity index (χ3v) is 4.93. The van der Waals surface area contributed by atoms with Crippen LogP contribution in [-0.2, 0) is 24.5 Å². The molecule has 1 aliphatic heterocycles. The van der Waals surface area contributed by atoms with E-state index in [1.54, 1.807) is 27.7 Å². The Kier molecular flexibility index (Phi) is 7.18. The van der Waals surface area contributed by atoms with Gasteiger partial charge in [0.25, 0.3) is 10.2 Å². The third kappa shape index (κ3) is 6.77. The van der Waals surface area contributed by atoms with E-state index in [2.05, 4.69) is 10.0 Å². The maximum atomic E-state index is 12.2. The minimum absolute atomic E-state index is 0.0188. The molecule has 0 aliphatic carbocycles. The fraction of sp³-hybridized carbons (Fsp3) is 0.857. The average molecular weight is 380 g/mol. The largest absolute Gasteiger partial charge is 0.465 e. The van der Waals surface area contributed by atoms with Crippen LogP contribution in [0.3, 0.4) is 0 Å². The first-order valence-electron chi connectivity index (χ1n) is 8.07. The lowest BCUT2D eigenvalue weighted by atomic mass is 10.0. The van der Waals surface area contributed by atoms with Crippen LogP contribution < -0.4 is 15.8 Å². The molecule has 1 fully saturated rings. The highest BCUT2D eigenvalue weighted by molar-refractivity contribution is 7.87. The zero-order valence-corrected chi connectivity index (χ0v) is 15.9. The Balaban J connectivity index is 2.44. The van der Waals surface area contributed by atoms with E-state index in [4.69, 9.17) is 15.2 Å². The van der Waals surface area contributed by atoms with Gasteiger partial charge in [-0.15, -0.1) is 0 Å². The lowest BCUT2D eigenvalue weighted by molar-refractivity contribution is -0.149. The minimum Gasteiger partial charge on any atom is -0.465 e. The molecule has 146 valence electrons. The molecule has 0 bridgehead atoms. The summed E-state index contributed by atoms with van der Waals surface area (Å²) in [5, 5.41) is 2.45. The van der Waals surface area contributed by atoms with Crippen LogP contribution in [0.25, 0.3) is 0 Å². The number of nitrogens with one attached hydrogen (secondary N) is 2. The molecule has 0 radical (unpaired) electrons. The Morgan fingerprint density at radius 2 is 1.92 bits per heavy atom. The number of carbonyl (C=O) groups excluding carboxylic acids is 2. The second-order valence-corrected chi connectivity index (χ2v) is 8.54. The maximum absolute atomic E-state index is 12.2. The normalized spacial score (nSPS) is 21.8. The quantitative estimate of drug-likeness (QED) is 0.392. The lowest BCUT2D eigenvalue weighted by Crippen LogP contribution is -2.53. The number of ether oxygens (including phenoxy) is 2. The second-order valence-electron chi connectivity index (χ2n) is 6.79. The Hall–Kier alpha value is -1.43. The van der Waals surface area contributed by atoms with E-state index >= 15 is 0 Å². The van der Waals surface area contributed by atoms with Crippen molar-refractivity contribution >= 4 is 22.3 Å². The van der Waals surface area contributed by atoms with E-state index in [0.29, 0.717) is 0 Å². The molecule has 1 saturated heterocycles. The molecule has 1 rings (SSSR count). The Bertz CT molecular complexity index is 589. The number of hydrogen-bond donors (Lipinski definition) is 3. The summed E-state index contributed by atoms with van der Waals surface area (Å²) in [7, 11) is -3.81. The van der Waals surface area contributed by atoms with Gasteiger partial charge in [-0.05, 0) is 34.1 Å². The van der Waals surface area contributed by atoms with Crippen molar-refractivity contribution in [1.29, 1.82) is 0 Å². The van der Waals surface area contributed by atoms with E-state index in [-0.39, 0.29) is 39.2 Å². The molecular weight excluding hydrogens is 352 g/mol. The number of amides is 1. The topological polar surface area (TPSA) is 140 Å². The first kappa shape index (κ1) is 21.6. The van der Waals surface area contributed by atoms with E-state index in [1.807, 2.05) is 0 Å². The highest BCUT2D eigenvalue weighted by Gasteiger charge is 2.46. The summed E-state index contributed by atoms with van der Waals surface area (Å²) >= 11 is 0. The molecule has 4 N–H and O–H groups in total. The molecule has 0 aromatic rings. The van der Waals surface area contributed by atoms with Gasteiger partial charge in [0, 0.05) is 26.2 Å². The van der Waals surface area contributed by atoms with Crippen molar-refractivity contribution in [3.8, 4) is 0 Å². The summed E-state index contributed by atoms with van der Waals surface area (Å²) in [6, 6.07) is 0. The predicted octanol–water partition coefficient (Wildman–Crippen LogP) is -0.688. The smallest absolute Gasteiger partial charge is 0.407 e. The minimum atomic E-state index is -3.81. The van der Waals surface area contributed by atoms with Crippen LogP contribution in [0.5, 0.6) is 0 Å². The van der Waals surface area contributed by atoms with Crippen molar-refractivity contribution < 1.29 is 27.5 Å². The molecule has 0 aromatic heterocycles. The van der Waals surface area contributed by atoms with Crippen LogP contribution in [0, 0.1) is 0 Å². The summed E-state index contributed by atoms with van der Waals surface area (Å²) in [5.41, 5.74) is 3.98. The van der Waals surface area contributed by atoms with Crippen LogP contribution in [0.2, 0.25) is 0 Å². The second kappa shape index (κ2) is 8.30. The van der Waals surface area contributed by atoms with Gasteiger partial charge in [-0.25, -0.2) is 9.52 Å². The van der Waals surface area contributed by atoms with Crippen molar-refractivity contribution in [2.45, 2.75) is 45.3 Å². The zero-order valence-electron chi connectivity index (χ0n) is 15.1. The van der Waals surface area contributed by atoms with Gasteiger partial charge in [0.15, 0.2) is 0 Å². The molecular formula is C14H28N4O6S. The van der Waals surface area contributed by atoms with Gasteiger partial charge >= 0.3 is 12.1 Å². The average Bonchev–Trinajstić information content (AvgIpc) is 2.87. The molecule has 1 amide bonds. The van der Waals surface area contributed by atoms with Crippen molar-refractivity contribution in [2.24, 2.45) is 5.73 Å².